The minimum Gasteiger partial charge on any atom is -0.497 e. The molecule has 1 aliphatic heterocycles. The molecule has 0 saturated carbocycles. The monoisotopic (exact) mass is 276 g/mol. The molecule has 1 saturated heterocycles. The molecule has 1 heterocycles. The summed E-state index contributed by atoms with van der Waals surface area (Å²) in [4.78, 5) is 2.59. The molecule has 3 nitrogen and oxygen atoms in total. The number of ether oxygens (including phenoxy) is 1. The summed E-state index contributed by atoms with van der Waals surface area (Å²) in [5, 5.41) is 3.68. The lowest BCUT2D eigenvalue weighted by Gasteiger charge is -2.44. The summed E-state index contributed by atoms with van der Waals surface area (Å²) in [7, 11) is 1.73. The van der Waals surface area contributed by atoms with Crippen LogP contribution in [-0.4, -0.2) is 32.3 Å². The van der Waals surface area contributed by atoms with Crippen LogP contribution in [0.5, 0.6) is 5.75 Å². The number of hydrogen-bond donors (Lipinski definition) is 1. The van der Waals surface area contributed by atoms with Gasteiger partial charge in [0.2, 0.25) is 0 Å². The molecule has 0 radical (unpaired) electrons. The van der Waals surface area contributed by atoms with Crippen LogP contribution in [-0.2, 0) is 0 Å². The van der Waals surface area contributed by atoms with Crippen molar-refractivity contribution in [2.24, 2.45) is 5.92 Å². The molecule has 0 aromatic heterocycles. The van der Waals surface area contributed by atoms with Gasteiger partial charge in [0.05, 0.1) is 7.11 Å². The summed E-state index contributed by atoms with van der Waals surface area (Å²) in [5.41, 5.74) is 2.65. The van der Waals surface area contributed by atoms with E-state index in [1.54, 1.807) is 7.11 Å². The number of benzene rings is 1. The highest BCUT2D eigenvalue weighted by molar-refractivity contribution is 5.57. The quantitative estimate of drug-likeness (QED) is 0.914. The molecular formula is C17H28N2O. The first kappa shape index (κ1) is 15.2. The van der Waals surface area contributed by atoms with Crippen molar-refractivity contribution in [1.29, 1.82) is 0 Å². The molecule has 2 atom stereocenters. The molecule has 0 aliphatic carbocycles. The lowest BCUT2D eigenvalue weighted by Crippen LogP contribution is -2.58. The SMILES string of the molecule is CCC1CN(c2ccc(OC)cc2C)C(C(C)C)CN1. The number of aryl methyl sites for hydroxylation is 1. The fraction of sp³-hybridized carbons (Fsp3) is 0.647. The van der Waals surface area contributed by atoms with Gasteiger partial charge in [-0.3, -0.25) is 0 Å². The van der Waals surface area contributed by atoms with Crippen LogP contribution in [0.4, 0.5) is 5.69 Å². The molecule has 1 aromatic rings. The van der Waals surface area contributed by atoms with E-state index in [-0.39, 0.29) is 0 Å². The molecule has 0 spiro atoms. The zero-order valence-corrected chi connectivity index (χ0v) is 13.4. The van der Waals surface area contributed by atoms with Gasteiger partial charge in [-0.15, -0.1) is 0 Å². The fourth-order valence-corrected chi connectivity index (χ4v) is 3.06. The number of piperazine rings is 1. The number of nitrogens with zero attached hydrogens (tertiary/aromatic N) is 1. The highest BCUT2D eigenvalue weighted by atomic mass is 16.5. The Morgan fingerprint density at radius 1 is 1.40 bits per heavy atom. The van der Waals surface area contributed by atoms with Gasteiger partial charge in [0, 0.05) is 30.9 Å². The maximum atomic E-state index is 5.32. The first-order chi connectivity index (χ1) is 9.56. The van der Waals surface area contributed by atoms with E-state index in [1.165, 1.54) is 17.7 Å². The Balaban J connectivity index is 2.30. The number of hydrogen-bond acceptors (Lipinski definition) is 3. The molecule has 1 fully saturated rings. The minimum atomic E-state index is 0.560. The normalized spacial score (nSPS) is 23.2. The molecule has 1 aromatic carbocycles. The van der Waals surface area contributed by atoms with Gasteiger partial charge in [0.1, 0.15) is 5.75 Å². The standard InChI is InChI=1S/C17H28N2O/c1-6-14-11-19(17(10-18-14)12(2)3)16-8-7-15(20-5)9-13(16)4/h7-9,12,14,17-18H,6,10-11H2,1-5H3. The average molecular weight is 276 g/mol. The summed E-state index contributed by atoms with van der Waals surface area (Å²) in [5.74, 6) is 1.58. The molecule has 2 unspecified atom stereocenters. The second-order valence-electron chi connectivity index (χ2n) is 6.13. The lowest BCUT2D eigenvalue weighted by molar-refractivity contribution is 0.333. The van der Waals surface area contributed by atoms with Crippen LogP contribution in [0, 0.1) is 12.8 Å². The van der Waals surface area contributed by atoms with E-state index >= 15 is 0 Å². The Hall–Kier alpha value is -1.22. The van der Waals surface area contributed by atoms with E-state index in [0.29, 0.717) is 18.0 Å². The number of anilines is 1. The Morgan fingerprint density at radius 2 is 2.15 bits per heavy atom. The number of nitrogens with one attached hydrogen (secondary N) is 1. The zero-order chi connectivity index (χ0) is 14.7. The predicted molar refractivity (Wildman–Crippen MR) is 85.8 cm³/mol. The smallest absolute Gasteiger partial charge is 0.119 e. The molecular weight excluding hydrogens is 248 g/mol. The van der Waals surface area contributed by atoms with Crippen molar-refractivity contribution in [3.8, 4) is 5.75 Å². The van der Waals surface area contributed by atoms with Gasteiger partial charge in [-0.05, 0) is 43.0 Å². The van der Waals surface area contributed by atoms with Crippen LogP contribution in [0.15, 0.2) is 18.2 Å². The highest BCUT2D eigenvalue weighted by Gasteiger charge is 2.30. The maximum Gasteiger partial charge on any atom is 0.119 e. The maximum absolute atomic E-state index is 5.32. The Labute approximate surface area is 123 Å². The molecule has 3 heteroatoms. The van der Waals surface area contributed by atoms with Crippen LogP contribution >= 0.6 is 0 Å². The van der Waals surface area contributed by atoms with E-state index in [9.17, 15) is 0 Å². The topological polar surface area (TPSA) is 24.5 Å². The van der Waals surface area contributed by atoms with Crippen LogP contribution in [0.3, 0.4) is 0 Å². The van der Waals surface area contributed by atoms with Crippen LogP contribution in [0.25, 0.3) is 0 Å². The number of rotatable bonds is 4. The highest BCUT2D eigenvalue weighted by Crippen LogP contribution is 2.29. The fourth-order valence-electron chi connectivity index (χ4n) is 3.06. The van der Waals surface area contributed by atoms with Crippen molar-refractivity contribution >= 4 is 5.69 Å². The second kappa shape index (κ2) is 6.49. The van der Waals surface area contributed by atoms with Crippen LogP contribution in [0.1, 0.15) is 32.8 Å². The van der Waals surface area contributed by atoms with E-state index in [2.05, 4.69) is 56.1 Å². The van der Waals surface area contributed by atoms with Crippen LogP contribution in [0.2, 0.25) is 0 Å². The summed E-state index contributed by atoms with van der Waals surface area (Å²) in [6.45, 7) is 11.2. The van der Waals surface area contributed by atoms with Gasteiger partial charge < -0.3 is 15.0 Å². The van der Waals surface area contributed by atoms with Gasteiger partial charge in [-0.2, -0.15) is 0 Å². The third-order valence-corrected chi connectivity index (χ3v) is 4.41. The number of methoxy groups -OCH3 is 1. The molecule has 112 valence electrons. The molecule has 20 heavy (non-hydrogen) atoms. The summed E-state index contributed by atoms with van der Waals surface area (Å²) in [6.07, 6.45) is 1.18. The van der Waals surface area contributed by atoms with Gasteiger partial charge in [-0.1, -0.05) is 20.8 Å². The Bertz CT molecular complexity index is 445. The van der Waals surface area contributed by atoms with Crippen molar-refractivity contribution in [3.05, 3.63) is 23.8 Å². The lowest BCUT2D eigenvalue weighted by atomic mass is 9.96. The first-order valence-electron chi connectivity index (χ1n) is 7.71. The van der Waals surface area contributed by atoms with Crippen molar-refractivity contribution in [2.45, 2.75) is 46.2 Å². The van der Waals surface area contributed by atoms with Crippen molar-refractivity contribution < 1.29 is 4.74 Å². The van der Waals surface area contributed by atoms with Gasteiger partial charge >= 0.3 is 0 Å². The Kier molecular flexibility index (Phi) is 4.92. The van der Waals surface area contributed by atoms with Crippen LogP contribution < -0.4 is 15.0 Å². The zero-order valence-electron chi connectivity index (χ0n) is 13.4. The van der Waals surface area contributed by atoms with Crippen molar-refractivity contribution in [1.82, 2.24) is 5.32 Å². The predicted octanol–water partition coefficient (Wildman–Crippen LogP) is 3.22. The molecule has 2 rings (SSSR count). The van der Waals surface area contributed by atoms with Gasteiger partial charge in [0.15, 0.2) is 0 Å². The third kappa shape index (κ3) is 3.09. The summed E-state index contributed by atoms with van der Waals surface area (Å²) >= 11 is 0. The van der Waals surface area contributed by atoms with E-state index in [0.717, 1.165) is 18.8 Å². The van der Waals surface area contributed by atoms with Crippen molar-refractivity contribution in [2.75, 3.05) is 25.1 Å². The first-order valence-corrected chi connectivity index (χ1v) is 7.71. The third-order valence-electron chi connectivity index (χ3n) is 4.41. The summed E-state index contributed by atoms with van der Waals surface area (Å²) in [6, 6.07) is 7.57. The largest absolute Gasteiger partial charge is 0.497 e. The second-order valence-corrected chi connectivity index (χ2v) is 6.13. The van der Waals surface area contributed by atoms with E-state index < -0.39 is 0 Å². The Morgan fingerprint density at radius 3 is 2.70 bits per heavy atom. The van der Waals surface area contributed by atoms with E-state index in [1.807, 2.05) is 0 Å². The molecule has 1 aliphatic rings. The molecule has 0 bridgehead atoms. The molecule has 1 N–H and O–H groups in total. The molecule has 0 amide bonds. The van der Waals surface area contributed by atoms with E-state index in [4.69, 9.17) is 4.74 Å². The minimum absolute atomic E-state index is 0.560. The van der Waals surface area contributed by atoms with Gasteiger partial charge in [-0.25, -0.2) is 0 Å². The van der Waals surface area contributed by atoms with Gasteiger partial charge in [0.25, 0.3) is 0 Å². The van der Waals surface area contributed by atoms with Crippen molar-refractivity contribution in [3.63, 3.8) is 0 Å². The summed E-state index contributed by atoms with van der Waals surface area (Å²) < 4.78 is 5.32. The average Bonchev–Trinajstić information content (AvgIpc) is 2.46.